The Kier molecular flexibility index (Phi) is 9.79. The molecular formula is C31H40ClN3O6S. The Hall–Kier alpha value is -2.63. The number of thiol groups is 1. The van der Waals surface area contributed by atoms with Gasteiger partial charge in [0.05, 0.1) is 18.3 Å². The number of aryl methyl sites for hydroxylation is 1. The molecule has 5 rings (SSSR count). The predicted octanol–water partition coefficient (Wildman–Crippen LogP) is 3.30. The van der Waals surface area contributed by atoms with E-state index in [1.54, 1.807) is 18.2 Å². The molecule has 42 heavy (non-hydrogen) atoms. The second-order valence-electron chi connectivity index (χ2n) is 11.7. The number of β-amino-alcohol motifs (C(OH)–C–C–N with tert-alkyl or cyclic N) is 1. The van der Waals surface area contributed by atoms with Crippen LogP contribution in [0.15, 0.2) is 48.6 Å². The van der Waals surface area contributed by atoms with Crippen LogP contribution < -0.4 is 15.4 Å². The van der Waals surface area contributed by atoms with E-state index < -0.39 is 35.0 Å². The monoisotopic (exact) mass is 617 g/mol. The molecule has 2 aromatic carbocycles. The molecule has 11 heteroatoms. The molecule has 0 radical (unpaired) electrons. The van der Waals surface area contributed by atoms with Gasteiger partial charge >= 0.3 is 0 Å². The van der Waals surface area contributed by atoms with Gasteiger partial charge < -0.3 is 25.6 Å². The van der Waals surface area contributed by atoms with Crippen molar-refractivity contribution in [1.82, 2.24) is 4.31 Å². The van der Waals surface area contributed by atoms with Crippen molar-refractivity contribution in [2.24, 2.45) is 17.6 Å². The maximum absolute atomic E-state index is 12.8. The summed E-state index contributed by atoms with van der Waals surface area (Å²) in [6.07, 6.45) is 8.71. The maximum atomic E-state index is 12.8. The van der Waals surface area contributed by atoms with Crippen LogP contribution in [0.1, 0.15) is 55.2 Å². The highest BCUT2D eigenvalue weighted by molar-refractivity contribution is 7.69. The number of carbonyl (C=O) groups excluding carboxylic acids is 1. The van der Waals surface area contributed by atoms with Gasteiger partial charge in [-0.1, -0.05) is 35.9 Å². The van der Waals surface area contributed by atoms with Crippen LogP contribution in [0.25, 0.3) is 0 Å². The second kappa shape index (κ2) is 13.3. The molecule has 0 spiro atoms. The number of amides is 1. The van der Waals surface area contributed by atoms with Gasteiger partial charge in [-0.05, 0) is 97.7 Å². The first-order valence-electron chi connectivity index (χ1n) is 14.7. The Morgan fingerprint density at radius 3 is 2.64 bits per heavy atom. The number of hydrogen-bond donors (Lipinski definition) is 4. The molecule has 4 atom stereocenters. The molecular weight excluding hydrogens is 578 g/mol. The third kappa shape index (κ3) is 6.78. The molecule has 228 valence electrons. The fourth-order valence-corrected chi connectivity index (χ4v) is 7.13. The topological polar surface area (TPSA) is 133 Å². The summed E-state index contributed by atoms with van der Waals surface area (Å²) in [7, 11) is -3.09. The molecule has 2 heterocycles. The molecule has 2 aliphatic heterocycles. The predicted molar refractivity (Wildman–Crippen MR) is 163 cm³/mol. The van der Waals surface area contributed by atoms with Crippen molar-refractivity contribution in [2.75, 3.05) is 31.1 Å². The summed E-state index contributed by atoms with van der Waals surface area (Å²) in [5.41, 5.74) is 6.60. The lowest BCUT2D eigenvalue weighted by Gasteiger charge is -2.43. The average molecular weight is 618 g/mol. The molecule has 2 bridgehead atoms. The number of benzene rings is 2. The van der Waals surface area contributed by atoms with E-state index in [0.717, 1.165) is 47.5 Å². The number of fused-ring (bicyclic) bond motifs is 3. The van der Waals surface area contributed by atoms with Crippen LogP contribution in [0.2, 0.25) is 5.02 Å². The Balaban J connectivity index is 1.59. The zero-order valence-electron chi connectivity index (χ0n) is 23.7. The van der Waals surface area contributed by atoms with Crippen molar-refractivity contribution in [1.29, 1.82) is 0 Å². The van der Waals surface area contributed by atoms with E-state index >= 15 is 0 Å². The molecule has 1 aliphatic carbocycles. The van der Waals surface area contributed by atoms with E-state index in [-0.39, 0.29) is 23.9 Å². The SMILES string of the molecule is NC(=O)C1(O)CN([SH](=O)=O)CCC/C=C/[C@H](O)[C@@H]2CC[C@H]2CN2CCCCc3cc(Cl)ccc3COc3ccc1cc32. The molecule has 0 saturated heterocycles. The molecule has 0 aromatic heterocycles. The van der Waals surface area contributed by atoms with E-state index in [1.165, 1.54) is 0 Å². The van der Waals surface area contributed by atoms with Crippen molar-refractivity contribution in [3.05, 3.63) is 70.3 Å². The number of hydrogen-bond acceptors (Lipinski definition) is 7. The fourth-order valence-electron chi connectivity index (χ4n) is 6.31. The van der Waals surface area contributed by atoms with Crippen LogP contribution >= 0.6 is 11.6 Å². The lowest BCUT2D eigenvalue weighted by molar-refractivity contribution is -0.138. The first-order chi connectivity index (χ1) is 20.2. The fraction of sp³-hybridized carbons (Fsp3) is 0.516. The number of aliphatic hydroxyl groups is 2. The number of anilines is 1. The molecule has 1 saturated carbocycles. The van der Waals surface area contributed by atoms with Crippen molar-refractivity contribution >= 4 is 34.1 Å². The average Bonchev–Trinajstić information content (AvgIpc) is 2.96. The zero-order chi connectivity index (χ0) is 29.9. The van der Waals surface area contributed by atoms with Crippen molar-refractivity contribution in [3.63, 3.8) is 0 Å². The first kappa shape index (κ1) is 30.8. The minimum absolute atomic E-state index is 0.102. The first-order valence-corrected chi connectivity index (χ1v) is 16.2. The van der Waals surface area contributed by atoms with Gasteiger partial charge in [0.1, 0.15) is 12.4 Å². The van der Waals surface area contributed by atoms with E-state index in [1.807, 2.05) is 30.4 Å². The van der Waals surface area contributed by atoms with Crippen LogP contribution in [0.4, 0.5) is 5.69 Å². The number of halogens is 1. The summed E-state index contributed by atoms with van der Waals surface area (Å²) in [5, 5.41) is 23.3. The van der Waals surface area contributed by atoms with Gasteiger partial charge in [-0.25, -0.2) is 12.7 Å². The molecule has 4 N–H and O–H groups in total. The third-order valence-corrected chi connectivity index (χ3v) is 10.0. The molecule has 1 amide bonds. The van der Waals surface area contributed by atoms with Gasteiger partial charge in [-0.2, -0.15) is 0 Å². The van der Waals surface area contributed by atoms with Crippen molar-refractivity contribution in [3.8, 4) is 5.75 Å². The Labute approximate surface area is 254 Å². The minimum Gasteiger partial charge on any atom is -0.487 e. The summed E-state index contributed by atoms with van der Waals surface area (Å²) < 4.78 is 31.7. The lowest BCUT2D eigenvalue weighted by Crippen LogP contribution is -2.50. The van der Waals surface area contributed by atoms with Gasteiger partial charge in [0.15, 0.2) is 5.60 Å². The van der Waals surface area contributed by atoms with Crippen LogP contribution in [0, 0.1) is 11.8 Å². The normalized spacial score (nSPS) is 28.4. The van der Waals surface area contributed by atoms with E-state index in [2.05, 4.69) is 4.90 Å². The van der Waals surface area contributed by atoms with E-state index in [0.29, 0.717) is 49.0 Å². The molecule has 1 unspecified atom stereocenters. The number of allylic oxidation sites excluding steroid dienone is 1. The second-order valence-corrected chi connectivity index (χ2v) is 13.2. The van der Waals surface area contributed by atoms with Crippen molar-refractivity contribution in [2.45, 2.75) is 63.3 Å². The number of aliphatic hydroxyl groups excluding tert-OH is 1. The highest BCUT2D eigenvalue weighted by Gasteiger charge is 2.41. The Bertz CT molecular complexity index is 1390. The molecule has 1 fully saturated rings. The van der Waals surface area contributed by atoms with Crippen LogP contribution in [-0.4, -0.2) is 61.1 Å². The van der Waals surface area contributed by atoms with Gasteiger partial charge in [-0.3, -0.25) is 4.79 Å². The summed E-state index contributed by atoms with van der Waals surface area (Å²) >= 11 is 6.30. The summed E-state index contributed by atoms with van der Waals surface area (Å²) in [6.45, 7) is 1.28. The lowest BCUT2D eigenvalue weighted by atomic mass is 9.70. The van der Waals surface area contributed by atoms with Crippen molar-refractivity contribution < 1.29 is 28.2 Å². The quantitative estimate of drug-likeness (QED) is 0.300. The molecule has 9 nitrogen and oxygen atoms in total. The van der Waals surface area contributed by atoms with E-state index in [9.17, 15) is 23.4 Å². The van der Waals surface area contributed by atoms with Crippen LogP contribution in [-0.2, 0) is 34.3 Å². The minimum atomic E-state index is -3.09. The Morgan fingerprint density at radius 1 is 1.07 bits per heavy atom. The van der Waals surface area contributed by atoms with Crippen LogP contribution in [0.3, 0.4) is 0 Å². The largest absolute Gasteiger partial charge is 0.487 e. The third-order valence-electron chi connectivity index (χ3n) is 8.99. The summed E-state index contributed by atoms with van der Waals surface area (Å²) in [4.78, 5) is 15.0. The van der Waals surface area contributed by atoms with E-state index in [4.69, 9.17) is 22.1 Å². The molecule has 2 aromatic rings. The number of primary amides is 1. The highest BCUT2D eigenvalue weighted by atomic mass is 35.5. The number of nitrogens with two attached hydrogens (primary N) is 1. The maximum Gasteiger partial charge on any atom is 0.255 e. The van der Waals surface area contributed by atoms with Gasteiger partial charge in [0.2, 0.25) is 10.9 Å². The number of carbonyl (C=O) groups is 1. The summed E-state index contributed by atoms with van der Waals surface area (Å²) in [5.74, 6) is -0.0772. The standard InChI is InChI=1S/C31H40ClN3O6S/c32-25-11-8-23-19-41-29-13-10-24-17-27(29)34(14-5-3-6-21(23)16-25)18-22-9-12-26(22)28(36)7-2-1-4-15-35(42(39)40)20-31(24,38)30(33)37/h2,7-8,10-11,13,16-17,22,26,28,36,38,42H,1,3-6,9,12,14-15,18-20H2,(H2,33,37)/b7-2+/t22-,26+,28-,31?/m0/s1. The highest BCUT2D eigenvalue weighted by Crippen LogP contribution is 2.41. The zero-order valence-corrected chi connectivity index (χ0v) is 25.3. The Morgan fingerprint density at radius 2 is 1.90 bits per heavy atom. The smallest absolute Gasteiger partial charge is 0.255 e. The molecule has 3 aliphatic rings. The summed E-state index contributed by atoms with van der Waals surface area (Å²) in [6, 6.07) is 10.8. The number of ether oxygens (including phenoxy) is 1. The van der Waals surface area contributed by atoms with Gasteiger partial charge in [0.25, 0.3) is 5.91 Å². The number of rotatable bonds is 2. The van der Waals surface area contributed by atoms with Gasteiger partial charge in [0, 0.05) is 24.7 Å². The van der Waals surface area contributed by atoms with Gasteiger partial charge in [-0.15, -0.1) is 0 Å². The van der Waals surface area contributed by atoms with Crippen LogP contribution in [0.5, 0.6) is 5.75 Å². The number of nitrogens with zero attached hydrogens (tertiary/aromatic N) is 2.